The van der Waals surface area contributed by atoms with Crippen LogP contribution in [-0.2, 0) is 3.79 Å². The molecule has 2 aromatic rings. The lowest BCUT2D eigenvalue weighted by atomic mass is 10.1. The average Bonchev–Trinajstić information content (AvgIpc) is 2.57. The van der Waals surface area contributed by atoms with Crippen molar-refractivity contribution < 1.29 is 4.42 Å². The first-order valence-electron chi connectivity index (χ1n) is 4.99. The number of nitrogens with zero attached hydrogens (tertiary/aromatic N) is 1. The Kier molecular flexibility index (Phi) is 3.39. The van der Waals surface area contributed by atoms with Crippen LogP contribution in [-0.4, -0.2) is 4.98 Å². The molecule has 0 spiro atoms. The van der Waals surface area contributed by atoms with Gasteiger partial charge in [-0.15, -0.1) is 0 Å². The van der Waals surface area contributed by atoms with Crippen molar-refractivity contribution in [2.24, 2.45) is 0 Å². The monoisotopic (exact) mass is 289 g/mol. The maximum atomic E-state index is 5.79. The first-order chi connectivity index (χ1) is 7.88. The SMILES string of the molecule is Cc1nc(C)c(-c2ccc(C(Cl)(Cl)Cl)cc2)o1. The predicted octanol–water partition coefficient (Wildman–Crippen LogP) is 4.79. The molecule has 0 aliphatic rings. The van der Waals surface area contributed by atoms with Crippen LogP contribution >= 0.6 is 34.8 Å². The van der Waals surface area contributed by atoms with Crippen molar-refractivity contribution in [3.8, 4) is 11.3 Å². The molecule has 0 radical (unpaired) electrons. The molecular formula is C12H10Cl3NO. The lowest BCUT2D eigenvalue weighted by Crippen LogP contribution is -1.98. The van der Waals surface area contributed by atoms with Crippen molar-refractivity contribution in [2.75, 3.05) is 0 Å². The third-order valence-electron chi connectivity index (χ3n) is 2.38. The van der Waals surface area contributed by atoms with Crippen molar-refractivity contribution in [3.05, 3.63) is 41.4 Å². The minimum atomic E-state index is -1.40. The highest BCUT2D eigenvalue weighted by atomic mass is 35.6. The molecule has 0 saturated heterocycles. The largest absolute Gasteiger partial charge is 0.441 e. The zero-order valence-electron chi connectivity index (χ0n) is 9.30. The fourth-order valence-corrected chi connectivity index (χ4v) is 1.99. The van der Waals surface area contributed by atoms with Gasteiger partial charge in [-0.25, -0.2) is 4.98 Å². The Morgan fingerprint density at radius 2 is 1.65 bits per heavy atom. The van der Waals surface area contributed by atoms with E-state index in [0.29, 0.717) is 11.5 Å². The molecule has 0 atom stereocenters. The first-order valence-corrected chi connectivity index (χ1v) is 6.13. The molecule has 0 aliphatic heterocycles. The van der Waals surface area contributed by atoms with E-state index in [-0.39, 0.29) is 0 Å². The van der Waals surface area contributed by atoms with Crippen molar-refractivity contribution in [2.45, 2.75) is 17.6 Å². The molecule has 0 fully saturated rings. The van der Waals surface area contributed by atoms with Crippen LogP contribution in [0.15, 0.2) is 28.7 Å². The molecule has 5 heteroatoms. The van der Waals surface area contributed by atoms with Gasteiger partial charge < -0.3 is 4.42 Å². The van der Waals surface area contributed by atoms with Gasteiger partial charge in [0, 0.05) is 18.1 Å². The Bertz CT molecular complexity index is 526. The van der Waals surface area contributed by atoms with Gasteiger partial charge in [0.25, 0.3) is 0 Å². The van der Waals surface area contributed by atoms with E-state index in [9.17, 15) is 0 Å². The molecular weight excluding hydrogens is 280 g/mol. The summed E-state index contributed by atoms with van der Waals surface area (Å²) in [5.74, 6) is 1.39. The van der Waals surface area contributed by atoms with Crippen LogP contribution in [0.3, 0.4) is 0 Å². The van der Waals surface area contributed by atoms with E-state index in [0.717, 1.165) is 17.0 Å². The predicted molar refractivity (Wildman–Crippen MR) is 70.7 cm³/mol. The number of hydrogen-bond acceptors (Lipinski definition) is 2. The third-order valence-corrected chi connectivity index (χ3v) is 3.03. The van der Waals surface area contributed by atoms with Crippen LogP contribution < -0.4 is 0 Å². The summed E-state index contributed by atoms with van der Waals surface area (Å²) >= 11 is 17.4. The molecule has 90 valence electrons. The van der Waals surface area contributed by atoms with Gasteiger partial charge in [0.2, 0.25) is 3.79 Å². The number of benzene rings is 1. The second kappa shape index (κ2) is 4.52. The fourth-order valence-electron chi connectivity index (χ4n) is 1.61. The molecule has 0 bridgehead atoms. The Morgan fingerprint density at radius 1 is 1.06 bits per heavy atom. The van der Waals surface area contributed by atoms with Crippen LogP contribution in [0.4, 0.5) is 0 Å². The van der Waals surface area contributed by atoms with Gasteiger partial charge in [-0.1, -0.05) is 59.1 Å². The highest BCUT2D eigenvalue weighted by Gasteiger charge is 2.22. The topological polar surface area (TPSA) is 26.0 Å². The molecule has 1 aromatic heterocycles. The zero-order chi connectivity index (χ0) is 12.6. The van der Waals surface area contributed by atoms with Crippen LogP contribution in [0.2, 0.25) is 0 Å². The minimum absolute atomic E-state index is 0.625. The van der Waals surface area contributed by atoms with Crippen molar-refractivity contribution >= 4 is 34.8 Å². The van der Waals surface area contributed by atoms with E-state index >= 15 is 0 Å². The Hall–Kier alpha value is -0.700. The molecule has 1 aromatic carbocycles. The van der Waals surface area contributed by atoms with Crippen molar-refractivity contribution in [1.82, 2.24) is 4.98 Å². The number of oxazole rings is 1. The molecule has 2 rings (SSSR count). The molecule has 1 heterocycles. The molecule has 0 aliphatic carbocycles. The number of hydrogen-bond donors (Lipinski definition) is 0. The Morgan fingerprint density at radius 3 is 2.06 bits per heavy atom. The zero-order valence-corrected chi connectivity index (χ0v) is 11.6. The molecule has 17 heavy (non-hydrogen) atoms. The number of aryl methyl sites for hydroxylation is 2. The Labute approximate surface area is 115 Å². The summed E-state index contributed by atoms with van der Waals surface area (Å²) in [5.41, 5.74) is 2.39. The minimum Gasteiger partial charge on any atom is -0.441 e. The van der Waals surface area contributed by atoms with Gasteiger partial charge >= 0.3 is 0 Å². The summed E-state index contributed by atoms with van der Waals surface area (Å²) in [5, 5.41) is 0. The van der Waals surface area contributed by atoms with E-state index < -0.39 is 3.79 Å². The number of aromatic nitrogens is 1. The molecule has 0 amide bonds. The van der Waals surface area contributed by atoms with E-state index in [1.807, 2.05) is 26.0 Å². The van der Waals surface area contributed by atoms with Crippen LogP contribution in [0.25, 0.3) is 11.3 Å². The summed E-state index contributed by atoms with van der Waals surface area (Å²) < 4.78 is 4.12. The van der Waals surface area contributed by atoms with Crippen LogP contribution in [0.1, 0.15) is 17.1 Å². The van der Waals surface area contributed by atoms with Gasteiger partial charge in [0.15, 0.2) is 11.7 Å². The molecule has 0 unspecified atom stereocenters. The smallest absolute Gasteiger partial charge is 0.216 e. The third kappa shape index (κ3) is 2.76. The highest BCUT2D eigenvalue weighted by molar-refractivity contribution is 6.66. The van der Waals surface area contributed by atoms with Gasteiger partial charge in [-0.3, -0.25) is 0 Å². The number of halogens is 3. The number of rotatable bonds is 1. The maximum Gasteiger partial charge on any atom is 0.216 e. The second-order valence-electron chi connectivity index (χ2n) is 3.72. The summed E-state index contributed by atoms with van der Waals surface area (Å²) in [6, 6.07) is 7.23. The standard InChI is InChI=1S/C12H10Cl3NO/c1-7-11(17-8(2)16-7)9-3-5-10(6-4-9)12(13,14)15/h3-6H,1-2H3. The average molecular weight is 291 g/mol. The summed E-state index contributed by atoms with van der Waals surface area (Å²) in [6.07, 6.45) is 0. The lowest BCUT2D eigenvalue weighted by Gasteiger charge is -2.11. The van der Waals surface area contributed by atoms with E-state index in [1.165, 1.54) is 0 Å². The van der Waals surface area contributed by atoms with Gasteiger partial charge in [0.1, 0.15) is 0 Å². The number of alkyl halides is 3. The highest BCUT2D eigenvalue weighted by Crippen LogP contribution is 2.38. The Balaban J connectivity index is 2.39. The van der Waals surface area contributed by atoms with Crippen LogP contribution in [0.5, 0.6) is 0 Å². The van der Waals surface area contributed by atoms with Gasteiger partial charge in [-0.05, 0) is 6.92 Å². The normalized spacial score (nSPS) is 11.8. The van der Waals surface area contributed by atoms with E-state index in [1.54, 1.807) is 12.1 Å². The van der Waals surface area contributed by atoms with Gasteiger partial charge in [-0.2, -0.15) is 0 Å². The fraction of sp³-hybridized carbons (Fsp3) is 0.250. The van der Waals surface area contributed by atoms with Crippen LogP contribution in [0, 0.1) is 13.8 Å². The maximum absolute atomic E-state index is 5.79. The van der Waals surface area contributed by atoms with Gasteiger partial charge in [0.05, 0.1) is 5.69 Å². The second-order valence-corrected chi connectivity index (χ2v) is 6.00. The first kappa shape index (κ1) is 12.7. The molecule has 2 nitrogen and oxygen atoms in total. The molecule has 0 saturated carbocycles. The van der Waals surface area contributed by atoms with Crippen molar-refractivity contribution in [1.29, 1.82) is 0 Å². The van der Waals surface area contributed by atoms with E-state index in [2.05, 4.69) is 4.98 Å². The lowest BCUT2D eigenvalue weighted by molar-refractivity contribution is 0.534. The molecule has 0 N–H and O–H groups in total. The summed E-state index contributed by atoms with van der Waals surface area (Å²) in [4.78, 5) is 4.21. The van der Waals surface area contributed by atoms with E-state index in [4.69, 9.17) is 39.2 Å². The summed E-state index contributed by atoms with van der Waals surface area (Å²) in [6.45, 7) is 3.71. The van der Waals surface area contributed by atoms with Crippen molar-refractivity contribution in [3.63, 3.8) is 0 Å². The summed E-state index contributed by atoms with van der Waals surface area (Å²) in [7, 11) is 0. The quantitative estimate of drug-likeness (QED) is 0.706.